The molecule has 1 aromatic rings. The van der Waals surface area contributed by atoms with Gasteiger partial charge in [-0.05, 0) is 37.0 Å². The van der Waals surface area contributed by atoms with Crippen LogP contribution in [0.25, 0.3) is 0 Å². The monoisotopic (exact) mass is 271 g/mol. The minimum Gasteiger partial charge on any atom is -0.318 e. The van der Waals surface area contributed by atoms with Crippen molar-refractivity contribution < 1.29 is 22.8 Å². The molecule has 1 aromatic carbocycles. The quantitative estimate of drug-likeness (QED) is 0.853. The fourth-order valence-electron chi connectivity index (χ4n) is 2.24. The van der Waals surface area contributed by atoms with E-state index in [-0.39, 0.29) is 17.0 Å². The SMILES string of the molecule is Cc1ccc(NC(=O)C(F)(F)F)c2c1CCCC2=O. The van der Waals surface area contributed by atoms with Crippen LogP contribution >= 0.6 is 0 Å². The maximum Gasteiger partial charge on any atom is 0.471 e. The third-order valence-electron chi connectivity index (χ3n) is 3.16. The van der Waals surface area contributed by atoms with Crippen LogP contribution in [-0.2, 0) is 11.2 Å². The summed E-state index contributed by atoms with van der Waals surface area (Å²) in [4.78, 5) is 22.8. The van der Waals surface area contributed by atoms with Crippen molar-refractivity contribution in [1.29, 1.82) is 0 Å². The van der Waals surface area contributed by atoms with E-state index in [4.69, 9.17) is 0 Å². The van der Waals surface area contributed by atoms with Crippen molar-refractivity contribution in [2.75, 3.05) is 5.32 Å². The average molecular weight is 271 g/mol. The van der Waals surface area contributed by atoms with Crippen LogP contribution in [0.4, 0.5) is 18.9 Å². The van der Waals surface area contributed by atoms with Gasteiger partial charge in [-0.3, -0.25) is 9.59 Å². The summed E-state index contributed by atoms with van der Waals surface area (Å²) in [5.41, 5.74) is 1.76. The summed E-state index contributed by atoms with van der Waals surface area (Å²) in [7, 11) is 0. The number of fused-ring (bicyclic) bond motifs is 1. The first-order valence-electron chi connectivity index (χ1n) is 5.84. The number of carbonyl (C=O) groups is 2. The van der Waals surface area contributed by atoms with Crippen molar-refractivity contribution in [3.05, 3.63) is 28.8 Å². The second kappa shape index (κ2) is 4.68. The summed E-state index contributed by atoms with van der Waals surface area (Å²) in [6.45, 7) is 1.80. The lowest BCUT2D eigenvalue weighted by atomic mass is 9.86. The van der Waals surface area contributed by atoms with Gasteiger partial charge in [-0.15, -0.1) is 0 Å². The van der Waals surface area contributed by atoms with Gasteiger partial charge in [-0.2, -0.15) is 13.2 Å². The zero-order valence-electron chi connectivity index (χ0n) is 10.2. The normalized spacial score (nSPS) is 15.1. The predicted molar refractivity (Wildman–Crippen MR) is 63.1 cm³/mol. The summed E-state index contributed by atoms with van der Waals surface area (Å²) in [6, 6.07) is 2.96. The Morgan fingerprint density at radius 2 is 1.95 bits per heavy atom. The molecule has 2 rings (SSSR count). The number of aryl methyl sites for hydroxylation is 1. The smallest absolute Gasteiger partial charge is 0.318 e. The van der Waals surface area contributed by atoms with Gasteiger partial charge in [-0.25, -0.2) is 0 Å². The molecule has 1 aliphatic rings. The molecule has 0 heterocycles. The number of benzene rings is 1. The van der Waals surface area contributed by atoms with Crippen molar-refractivity contribution in [2.24, 2.45) is 0 Å². The van der Waals surface area contributed by atoms with E-state index in [2.05, 4.69) is 0 Å². The van der Waals surface area contributed by atoms with Gasteiger partial charge in [-0.1, -0.05) is 6.07 Å². The lowest BCUT2D eigenvalue weighted by Gasteiger charge is -2.21. The number of ketones is 1. The summed E-state index contributed by atoms with van der Waals surface area (Å²) >= 11 is 0. The molecule has 0 bridgehead atoms. The molecular weight excluding hydrogens is 259 g/mol. The van der Waals surface area contributed by atoms with Crippen LogP contribution in [0, 0.1) is 6.92 Å². The number of amides is 1. The third kappa shape index (κ3) is 2.62. The number of alkyl halides is 3. The molecule has 1 N–H and O–H groups in total. The van der Waals surface area contributed by atoms with Gasteiger partial charge in [0.25, 0.3) is 0 Å². The van der Waals surface area contributed by atoms with E-state index in [1.807, 2.05) is 0 Å². The zero-order valence-corrected chi connectivity index (χ0v) is 10.2. The summed E-state index contributed by atoms with van der Waals surface area (Å²) in [6.07, 6.45) is -3.34. The number of nitrogens with one attached hydrogen (secondary N) is 1. The van der Waals surface area contributed by atoms with Crippen molar-refractivity contribution in [1.82, 2.24) is 0 Å². The Labute approximate surface area is 107 Å². The number of Topliss-reactive ketones (excluding diaryl/α,β-unsaturated/α-hetero) is 1. The highest BCUT2D eigenvalue weighted by Gasteiger charge is 2.39. The second-order valence-electron chi connectivity index (χ2n) is 4.51. The molecule has 0 saturated heterocycles. The van der Waals surface area contributed by atoms with Crippen LogP contribution in [0.3, 0.4) is 0 Å². The Morgan fingerprint density at radius 1 is 1.26 bits per heavy atom. The Kier molecular flexibility index (Phi) is 3.34. The largest absolute Gasteiger partial charge is 0.471 e. The fourth-order valence-corrected chi connectivity index (χ4v) is 2.24. The minimum atomic E-state index is -4.96. The molecule has 0 aliphatic heterocycles. The number of anilines is 1. The zero-order chi connectivity index (χ0) is 14.2. The maximum atomic E-state index is 12.2. The molecular formula is C13H12F3NO2. The average Bonchev–Trinajstić information content (AvgIpc) is 2.32. The lowest BCUT2D eigenvalue weighted by Crippen LogP contribution is -2.31. The molecule has 1 aliphatic carbocycles. The van der Waals surface area contributed by atoms with E-state index < -0.39 is 12.1 Å². The van der Waals surface area contributed by atoms with Gasteiger partial charge in [0, 0.05) is 12.0 Å². The van der Waals surface area contributed by atoms with Gasteiger partial charge >= 0.3 is 12.1 Å². The van der Waals surface area contributed by atoms with Gasteiger partial charge in [0.2, 0.25) is 0 Å². The van der Waals surface area contributed by atoms with Crippen LogP contribution in [0.1, 0.15) is 34.3 Å². The molecule has 0 unspecified atom stereocenters. The molecule has 3 nitrogen and oxygen atoms in total. The third-order valence-corrected chi connectivity index (χ3v) is 3.16. The molecule has 1 amide bonds. The molecule has 0 saturated carbocycles. The summed E-state index contributed by atoms with van der Waals surface area (Å²) in [5.74, 6) is -2.28. The topological polar surface area (TPSA) is 46.2 Å². The van der Waals surface area contributed by atoms with E-state index in [0.717, 1.165) is 11.1 Å². The maximum absolute atomic E-state index is 12.2. The van der Waals surface area contributed by atoms with Crippen molar-refractivity contribution in [3.63, 3.8) is 0 Å². The highest BCUT2D eigenvalue weighted by Crippen LogP contribution is 2.31. The Bertz CT molecular complexity index is 550. The van der Waals surface area contributed by atoms with E-state index in [1.165, 1.54) is 6.07 Å². The highest BCUT2D eigenvalue weighted by atomic mass is 19.4. The van der Waals surface area contributed by atoms with Crippen LogP contribution in [0.15, 0.2) is 12.1 Å². The van der Waals surface area contributed by atoms with E-state index in [0.29, 0.717) is 19.3 Å². The molecule has 0 aromatic heterocycles. The van der Waals surface area contributed by atoms with Gasteiger partial charge < -0.3 is 5.32 Å². The second-order valence-corrected chi connectivity index (χ2v) is 4.51. The Balaban J connectivity index is 2.43. The first kappa shape index (κ1) is 13.6. The van der Waals surface area contributed by atoms with Gasteiger partial charge in [0.15, 0.2) is 5.78 Å². The van der Waals surface area contributed by atoms with Gasteiger partial charge in [0.05, 0.1) is 5.69 Å². The van der Waals surface area contributed by atoms with Crippen molar-refractivity contribution in [3.8, 4) is 0 Å². The number of halogens is 3. The number of carbonyl (C=O) groups excluding carboxylic acids is 2. The van der Waals surface area contributed by atoms with Crippen molar-refractivity contribution in [2.45, 2.75) is 32.4 Å². The number of hydrogen-bond acceptors (Lipinski definition) is 2. The number of hydrogen-bond donors (Lipinski definition) is 1. The molecule has 0 fully saturated rings. The Hall–Kier alpha value is -1.85. The molecule has 19 heavy (non-hydrogen) atoms. The fraction of sp³-hybridized carbons (Fsp3) is 0.385. The first-order chi connectivity index (χ1) is 8.80. The number of rotatable bonds is 1. The predicted octanol–water partition coefficient (Wildman–Crippen LogP) is 3.01. The summed E-state index contributed by atoms with van der Waals surface area (Å²) in [5, 5.41) is 1.78. The molecule has 0 radical (unpaired) electrons. The molecule has 0 atom stereocenters. The Morgan fingerprint density at radius 3 is 2.58 bits per heavy atom. The van der Waals surface area contributed by atoms with Crippen LogP contribution in [0.5, 0.6) is 0 Å². The van der Waals surface area contributed by atoms with Crippen LogP contribution in [0.2, 0.25) is 0 Å². The standard InChI is InChI=1S/C13H12F3NO2/c1-7-5-6-9(17-12(19)13(14,15)16)11-8(7)3-2-4-10(11)18/h5-6H,2-4H2,1H3,(H,17,19). The van der Waals surface area contributed by atoms with Crippen molar-refractivity contribution >= 4 is 17.4 Å². The highest BCUT2D eigenvalue weighted by molar-refractivity contribution is 6.07. The van der Waals surface area contributed by atoms with E-state index in [1.54, 1.807) is 18.3 Å². The van der Waals surface area contributed by atoms with Gasteiger partial charge in [0.1, 0.15) is 0 Å². The van der Waals surface area contributed by atoms with E-state index in [9.17, 15) is 22.8 Å². The molecule has 102 valence electrons. The molecule has 0 spiro atoms. The van der Waals surface area contributed by atoms with Crippen LogP contribution in [-0.4, -0.2) is 17.9 Å². The lowest BCUT2D eigenvalue weighted by molar-refractivity contribution is -0.167. The summed E-state index contributed by atoms with van der Waals surface area (Å²) < 4.78 is 36.7. The first-order valence-corrected chi connectivity index (χ1v) is 5.84. The van der Waals surface area contributed by atoms with Crippen LogP contribution < -0.4 is 5.32 Å². The molecule has 6 heteroatoms. The minimum absolute atomic E-state index is 0.0485. The van der Waals surface area contributed by atoms with E-state index >= 15 is 0 Å².